The van der Waals surface area contributed by atoms with Crippen LogP contribution >= 0.6 is 0 Å². The molecule has 110 valence electrons. The Kier molecular flexibility index (Phi) is 4.20. The minimum absolute atomic E-state index is 0.0478. The van der Waals surface area contributed by atoms with E-state index in [1.165, 1.54) is 6.42 Å². The number of nitrogens with one attached hydrogen (secondary N) is 1. The van der Waals surface area contributed by atoms with E-state index >= 15 is 0 Å². The smallest absolute Gasteiger partial charge is 0.234 e. The van der Waals surface area contributed by atoms with E-state index in [0.29, 0.717) is 19.0 Å². The lowest BCUT2D eigenvalue weighted by Crippen LogP contribution is -2.52. The molecule has 2 saturated heterocycles. The van der Waals surface area contributed by atoms with Crippen molar-refractivity contribution >= 4 is 15.7 Å². The number of piperidine rings is 1. The van der Waals surface area contributed by atoms with Crippen molar-refractivity contribution in [2.24, 2.45) is 0 Å². The first kappa shape index (κ1) is 14.8. The van der Waals surface area contributed by atoms with Gasteiger partial charge in [-0.25, -0.2) is 8.42 Å². The molecule has 0 saturated carbocycles. The molecule has 2 aliphatic rings. The van der Waals surface area contributed by atoms with E-state index in [-0.39, 0.29) is 17.4 Å². The normalized spacial score (nSPS) is 35.2. The zero-order valence-electron chi connectivity index (χ0n) is 11.8. The number of sulfone groups is 1. The fraction of sp³-hybridized carbons (Fsp3) is 0.923. The standard InChI is InChI=1S/C13H24N2O3S/c1-11-5-3-4-7-15(11)9-12(16)14-13(2)6-8-19(17,18)10-13/h11H,3-10H2,1-2H3,(H,14,16). The molecule has 0 aliphatic carbocycles. The zero-order valence-corrected chi connectivity index (χ0v) is 12.6. The Balaban J connectivity index is 1.87. The Labute approximate surface area is 115 Å². The average Bonchev–Trinajstić information content (AvgIpc) is 2.56. The first-order valence-corrected chi connectivity index (χ1v) is 8.87. The molecule has 0 spiro atoms. The Hall–Kier alpha value is -0.620. The maximum absolute atomic E-state index is 12.1. The number of amides is 1. The van der Waals surface area contributed by atoms with Crippen molar-refractivity contribution in [3.8, 4) is 0 Å². The summed E-state index contributed by atoms with van der Waals surface area (Å²) < 4.78 is 23.0. The molecule has 0 aromatic carbocycles. The lowest BCUT2D eigenvalue weighted by molar-refractivity contribution is -0.124. The second kappa shape index (κ2) is 5.40. The van der Waals surface area contributed by atoms with Crippen LogP contribution in [0.15, 0.2) is 0 Å². The highest BCUT2D eigenvalue weighted by atomic mass is 32.2. The van der Waals surface area contributed by atoms with Gasteiger partial charge >= 0.3 is 0 Å². The Morgan fingerprint density at radius 2 is 2.16 bits per heavy atom. The van der Waals surface area contributed by atoms with Crippen molar-refractivity contribution in [3.63, 3.8) is 0 Å². The monoisotopic (exact) mass is 288 g/mol. The third-order valence-corrected chi connectivity index (χ3v) is 6.13. The van der Waals surface area contributed by atoms with E-state index in [1.54, 1.807) is 0 Å². The number of rotatable bonds is 3. The Morgan fingerprint density at radius 1 is 1.42 bits per heavy atom. The van der Waals surface area contributed by atoms with E-state index in [9.17, 15) is 13.2 Å². The second-order valence-corrected chi connectivity index (χ2v) is 8.45. The van der Waals surface area contributed by atoms with E-state index < -0.39 is 15.4 Å². The molecule has 19 heavy (non-hydrogen) atoms. The van der Waals surface area contributed by atoms with Crippen molar-refractivity contribution in [3.05, 3.63) is 0 Å². The minimum atomic E-state index is -2.97. The van der Waals surface area contributed by atoms with E-state index in [2.05, 4.69) is 17.1 Å². The van der Waals surface area contributed by atoms with Crippen molar-refractivity contribution in [2.45, 2.75) is 51.1 Å². The van der Waals surface area contributed by atoms with E-state index in [0.717, 1.165) is 19.4 Å². The summed E-state index contributed by atoms with van der Waals surface area (Å²) in [6, 6.07) is 0.444. The van der Waals surface area contributed by atoms with Crippen LogP contribution in [0.3, 0.4) is 0 Å². The fourth-order valence-electron chi connectivity index (χ4n) is 3.06. The molecule has 2 rings (SSSR count). The van der Waals surface area contributed by atoms with Gasteiger partial charge in [-0.15, -0.1) is 0 Å². The highest BCUT2D eigenvalue weighted by Gasteiger charge is 2.39. The van der Waals surface area contributed by atoms with Crippen LogP contribution in [-0.4, -0.2) is 55.4 Å². The van der Waals surface area contributed by atoms with Gasteiger partial charge < -0.3 is 5.32 Å². The van der Waals surface area contributed by atoms with Gasteiger partial charge in [0.1, 0.15) is 0 Å². The third kappa shape index (κ3) is 3.92. The molecule has 5 nitrogen and oxygen atoms in total. The fourth-order valence-corrected chi connectivity index (χ4v) is 5.16. The SMILES string of the molecule is CC1CCCCN1CC(=O)NC1(C)CCS(=O)(=O)C1. The molecule has 2 aliphatic heterocycles. The van der Waals surface area contributed by atoms with Crippen LogP contribution in [0.4, 0.5) is 0 Å². The van der Waals surface area contributed by atoms with Gasteiger partial charge in [0.25, 0.3) is 0 Å². The predicted molar refractivity (Wildman–Crippen MR) is 74.7 cm³/mol. The van der Waals surface area contributed by atoms with Gasteiger partial charge in [-0.1, -0.05) is 6.42 Å². The Morgan fingerprint density at radius 3 is 2.74 bits per heavy atom. The average molecular weight is 288 g/mol. The van der Waals surface area contributed by atoms with Crippen LogP contribution in [-0.2, 0) is 14.6 Å². The van der Waals surface area contributed by atoms with Gasteiger partial charge in [0.15, 0.2) is 9.84 Å². The molecule has 2 atom stereocenters. The molecule has 2 fully saturated rings. The molecule has 2 heterocycles. The van der Waals surface area contributed by atoms with Gasteiger partial charge in [0, 0.05) is 6.04 Å². The van der Waals surface area contributed by atoms with Crippen molar-refractivity contribution < 1.29 is 13.2 Å². The predicted octanol–water partition coefficient (Wildman–Crippen LogP) is 0.554. The van der Waals surface area contributed by atoms with Crippen molar-refractivity contribution in [2.75, 3.05) is 24.6 Å². The molecule has 1 amide bonds. The largest absolute Gasteiger partial charge is 0.349 e. The number of hydrogen-bond donors (Lipinski definition) is 1. The highest BCUT2D eigenvalue weighted by Crippen LogP contribution is 2.23. The highest BCUT2D eigenvalue weighted by molar-refractivity contribution is 7.91. The maximum Gasteiger partial charge on any atom is 0.234 e. The van der Waals surface area contributed by atoms with E-state index in [4.69, 9.17) is 0 Å². The molecule has 6 heteroatoms. The summed E-state index contributed by atoms with van der Waals surface area (Å²) in [6.07, 6.45) is 4.04. The van der Waals surface area contributed by atoms with Crippen LogP contribution in [0.25, 0.3) is 0 Å². The topological polar surface area (TPSA) is 66.5 Å². The number of nitrogens with zero attached hydrogens (tertiary/aromatic N) is 1. The lowest BCUT2D eigenvalue weighted by atomic mass is 10.0. The minimum Gasteiger partial charge on any atom is -0.349 e. The van der Waals surface area contributed by atoms with Crippen LogP contribution < -0.4 is 5.32 Å². The number of hydrogen-bond acceptors (Lipinski definition) is 4. The summed E-state index contributed by atoms with van der Waals surface area (Å²) in [7, 11) is -2.97. The second-order valence-electron chi connectivity index (χ2n) is 6.27. The van der Waals surface area contributed by atoms with Crippen LogP contribution in [0.2, 0.25) is 0 Å². The van der Waals surface area contributed by atoms with Gasteiger partial charge in [-0.2, -0.15) is 0 Å². The third-order valence-electron chi connectivity index (χ3n) is 4.23. The van der Waals surface area contributed by atoms with Crippen LogP contribution in [0, 0.1) is 0 Å². The summed E-state index contributed by atoms with van der Waals surface area (Å²) in [5.41, 5.74) is -0.574. The molecule has 0 aromatic heterocycles. The molecular formula is C13H24N2O3S. The van der Waals surface area contributed by atoms with E-state index in [1.807, 2.05) is 6.92 Å². The maximum atomic E-state index is 12.1. The molecule has 0 bridgehead atoms. The molecular weight excluding hydrogens is 264 g/mol. The molecule has 0 aromatic rings. The van der Waals surface area contributed by atoms with Crippen molar-refractivity contribution in [1.29, 1.82) is 0 Å². The number of likely N-dealkylation sites (tertiary alicyclic amines) is 1. The zero-order chi connectivity index (χ0) is 14.1. The molecule has 1 N–H and O–H groups in total. The summed E-state index contributed by atoms with van der Waals surface area (Å²) in [5, 5.41) is 2.92. The first-order chi connectivity index (χ1) is 8.80. The molecule has 2 unspecified atom stereocenters. The lowest BCUT2D eigenvalue weighted by Gasteiger charge is -2.34. The summed E-state index contributed by atoms with van der Waals surface area (Å²) in [6.45, 7) is 5.32. The Bertz CT molecular complexity index is 449. The van der Waals surface area contributed by atoms with Crippen molar-refractivity contribution in [1.82, 2.24) is 10.2 Å². The van der Waals surface area contributed by atoms with Gasteiger partial charge in [-0.3, -0.25) is 9.69 Å². The quantitative estimate of drug-likeness (QED) is 0.824. The number of carbonyl (C=O) groups is 1. The van der Waals surface area contributed by atoms with Crippen LogP contribution in [0.5, 0.6) is 0 Å². The molecule has 0 radical (unpaired) electrons. The van der Waals surface area contributed by atoms with Gasteiger partial charge in [0.2, 0.25) is 5.91 Å². The first-order valence-electron chi connectivity index (χ1n) is 7.05. The van der Waals surface area contributed by atoms with Crippen LogP contribution in [0.1, 0.15) is 39.5 Å². The summed E-state index contributed by atoms with van der Waals surface area (Å²) in [5.74, 6) is 0.207. The number of carbonyl (C=O) groups excluding carboxylic acids is 1. The van der Waals surface area contributed by atoms with Gasteiger partial charge in [-0.05, 0) is 39.7 Å². The summed E-state index contributed by atoms with van der Waals surface area (Å²) in [4.78, 5) is 14.3. The van der Waals surface area contributed by atoms with Gasteiger partial charge in [0.05, 0.1) is 23.6 Å². The summed E-state index contributed by atoms with van der Waals surface area (Å²) >= 11 is 0.